The van der Waals surface area contributed by atoms with E-state index in [9.17, 15) is 13.6 Å². The number of hydrogen-bond acceptors (Lipinski definition) is 4. The van der Waals surface area contributed by atoms with Gasteiger partial charge in [-0.15, -0.1) is 0 Å². The van der Waals surface area contributed by atoms with Crippen molar-refractivity contribution in [1.29, 1.82) is 0 Å². The molecule has 1 heterocycles. The molecule has 0 amide bonds. The van der Waals surface area contributed by atoms with Crippen molar-refractivity contribution in [2.45, 2.75) is 12.3 Å². The van der Waals surface area contributed by atoms with E-state index in [2.05, 4.69) is 5.16 Å². The molecule has 0 atom stereocenters. The first kappa shape index (κ1) is 13.0. The number of hydrogen-bond donors (Lipinski definition) is 2. The summed E-state index contributed by atoms with van der Waals surface area (Å²) in [5.41, 5.74) is 0.380. The van der Waals surface area contributed by atoms with Crippen LogP contribution >= 0.6 is 0 Å². The molecule has 1 aromatic heterocycles. The zero-order chi connectivity index (χ0) is 14.0. The van der Waals surface area contributed by atoms with Gasteiger partial charge in [-0.05, 0) is 24.3 Å². The molecule has 0 saturated carbocycles. The lowest BCUT2D eigenvalue weighted by molar-refractivity contribution is -0.164. The van der Waals surface area contributed by atoms with Crippen LogP contribution in [0.25, 0.3) is 11.3 Å². The molecule has 0 aliphatic carbocycles. The van der Waals surface area contributed by atoms with E-state index in [1.807, 2.05) is 0 Å². The summed E-state index contributed by atoms with van der Waals surface area (Å²) in [5.74, 6) is -5.82. The van der Waals surface area contributed by atoms with Gasteiger partial charge in [-0.2, -0.15) is 8.78 Å². The molecule has 2 rings (SSSR count). The van der Waals surface area contributed by atoms with Crippen molar-refractivity contribution in [3.63, 3.8) is 0 Å². The fraction of sp³-hybridized carbons (Fsp3) is 0.167. The molecule has 5 nitrogen and oxygen atoms in total. The molecule has 7 heteroatoms. The van der Waals surface area contributed by atoms with Crippen LogP contribution < -0.4 is 0 Å². The van der Waals surface area contributed by atoms with Crippen LogP contribution in [0, 0.1) is 0 Å². The van der Waals surface area contributed by atoms with Crippen LogP contribution in [0.1, 0.15) is 5.69 Å². The Hall–Kier alpha value is -2.44. The molecule has 0 bridgehead atoms. The first-order valence-corrected chi connectivity index (χ1v) is 5.25. The number of nitrogens with zero attached hydrogens (tertiary/aromatic N) is 1. The van der Waals surface area contributed by atoms with E-state index in [4.69, 9.17) is 14.7 Å². The first-order valence-electron chi connectivity index (χ1n) is 5.25. The minimum absolute atomic E-state index is 0.0564. The Morgan fingerprint density at radius 2 is 1.95 bits per heavy atom. The van der Waals surface area contributed by atoms with Gasteiger partial charge >= 0.3 is 11.9 Å². The van der Waals surface area contributed by atoms with Crippen LogP contribution in [0.3, 0.4) is 0 Å². The topological polar surface area (TPSA) is 83.6 Å². The number of phenolic OH excluding ortho intramolecular Hbond substituents is 1. The first-order chi connectivity index (χ1) is 8.88. The zero-order valence-electron chi connectivity index (χ0n) is 9.51. The van der Waals surface area contributed by atoms with E-state index in [0.717, 1.165) is 0 Å². The highest BCUT2D eigenvalue weighted by molar-refractivity contribution is 5.75. The second-order valence-electron chi connectivity index (χ2n) is 3.92. The van der Waals surface area contributed by atoms with Gasteiger partial charge in [0.05, 0.1) is 12.1 Å². The van der Waals surface area contributed by atoms with Crippen molar-refractivity contribution in [2.24, 2.45) is 0 Å². The van der Waals surface area contributed by atoms with E-state index < -0.39 is 18.3 Å². The molecule has 0 saturated heterocycles. The Balaban J connectivity index is 2.20. The van der Waals surface area contributed by atoms with Gasteiger partial charge in [0.25, 0.3) is 0 Å². The monoisotopic (exact) mass is 269 g/mol. The number of aromatic nitrogens is 1. The van der Waals surface area contributed by atoms with Crippen LogP contribution in [0.5, 0.6) is 5.75 Å². The normalized spacial score (nSPS) is 11.5. The summed E-state index contributed by atoms with van der Waals surface area (Å²) in [4.78, 5) is 10.3. The van der Waals surface area contributed by atoms with Crippen LogP contribution in [-0.2, 0) is 11.2 Å². The van der Waals surface area contributed by atoms with E-state index in [1.165, 1.54) is 30.3 Å². The summed E-state index contributed by atoms with van der Waals surface area (Å²) < 4.78 is 30.8. The number of alkyl halides is 2. The summed E-state index contributed by atoms with van der Waals surface area (Å²) >= 11 is 0. The third-order valence-electron chi connectivity index (χ3n) is 2.43. The third kappa shape index (κ3) is 2.87. The summed E-state index contributed by atoms with van der Waals surface area (Å²) in [6, 6.07) is 7.10. The highest BCUT2D eigenvalue weighted by Gasteiger charge is 2.40. The number of aliphatic carboxylic acids is 1. The molecule has 0 fully saturated rings. The molecule has 2 N–H and O–H groups in total. The Morgan fingerprint density at radius 3 is 2.53 bits per heavy atom. The predicted molar refractivity (Wildman–Crippen MR) is 59.9 cm³/mol. The molecule has 0 aliphatic rings. The Labute approximate surface area is 106 Å². The van der Waals surface area contributed by atoms with Crippen LogP contribution in [-0.4, -0.2) is 27.3 Å². The van der Waals surface area contributed by atoms with Gasteiger partial charge in [0.1, 0.15) is 5.75 Å². The van der Waals surface area contributed by atoms with Gasteiger partial charge in [0, 0.05) is 11.6 Å². The highest BCUT2D eigenvalue weighted by atomic mass is 19.3. The lowest BCUT2D eigenvalue weighted by Crippen LogP contribution is -2.30. The number of halogens is 2. The van der Waals surface area contributed by atoms with Crippen LogP contribution in [0.2, 0.25) is 0 Å². The van der Waals surface area contributed by atoms with E-state index in [0.29, 0.717) is 5.56 Å². The minimum atomic E-state index is -3.89. The van der Waals surface area contributed by atoms with Gasteiger partial charge in [0.2, 0.25) is 0 Å². The summed E-state index contributed by atoms with van der Waals surface area (Å²) in [5, 5.41) is 20.8. The Kier molecular flexibility index (Phi) is 3.20. The quantitative estimate of drug-likeness (QED) is 0.889. The summed E-state index contributed by atoms with van der Waals surface area (Å²) in [6.07, 6.45) is -1.04. The van der Waals surface area contributed by atoms with Gasteiger partial charge < -0.3 is 14.7 Å². The molecule has 0 spiro atoms. The lowest BCUT2D eigenvalue weighted by Gasteiger charge is -2.07. The van der Waals surface area contributed by atoms with E-state index >= 15 is 0 Å². The van der Waals surface area contributed by atoms with Crippen LogP contribution in [0.4, 0.5) is 8.78 Å². The molecule has 0 radical (unpaired) electrons. The van der Waals surface area contributed by atoms with Gasteiger partial charge in [-0.3, -0.25) is 0 Å². The van der Waals surface area contributed by atoms with Crippen molar-refractivity contribution < 1.29 is 28.3 Å². The minimum Gasteiger partial charge on any atom is -0.508 e. The maximum atomic E-state index is 13.0. The Morgan fingerprint density at radius 1 is 1.32 bits per heavy atom. The number of aromatic hydroxyl groups is 1. The highest BCUT2D eigenvalue weighted by Crippen LogP contribution is 2.25. The van der Waals surface area contributed by atoms with Crippen LogP contribution in [0.15, 0.2) is 34.9 Å². The second-order valence-corrected chi connectivity index (χ2v) is 3.92. The van der Waals surface area contributed by atoms with Crippen molar-refractivity contribution in [2.75, 3.05) is 0 Å². The number of carbonyl (C=O) groups is 1. The van der Waals surface area contributed by atoms with E-state index in [1.54, 1.807) is 0 Å². The maximum absolute atomic E-state index is 13.0. The number of phenols is 1. The lowest BCUT2D eigenvalue weighted by atomic mass is 10.1. The number of benzene rings is 1. The fourth-order valence-electron chi connectivity index (χ4n) is 1.46. The van der Waals surface area contributed by atoms with E-state index in [-0.39, 0.29) is 17.2 Å². The average molecular weight is 269 g/mol. The van der Waals surface area contributed by atoms with Crippen molar-refractivity contribution >= 4 is 5.97 Å². The molecule has 0 aliphatic heterocycles. The van der Waals surface area contributed by atoms with Crippen molar-refractivity contribution in [3.05, 3.63) is 36.0 Å². The summed E-state index contributed by atoms with van der Waals surface area (Å²) in [7, 11) is 0. The Bertz CT molecular complexity index is 592. The summed E-state index contributed by atoms with van der Waals surface area (Å²) in [6.45, 7) is 0. The number of carboxylic acids is 1. The third-order valence-corrected chi connectivity index (χ3v) is 2.43. The molecule has 2 aromatic rings. The smallest absolute Gasteiger partial charge is 0.374 e. The predicted octanol–water partition coefficient (Wildman–Crippen LogP) is 2.31. The van der Waals surface area contributed by atoms with Gasteiger partial charge in [-0.25, -0.2) is 4.79 Å². The van der Waals surface area contributed by atoms with Gasteiger partial charge in [0.15, 0.2) is 5.76 Å². The molecule has 19 heavy (non-hydrogen) atoms. The molecular weight excluding hydrogens is 260 g/mol. The molecule has 100 valence electrons. The standard InChI is InChI=1S/C12H9F2NO4/c13-12(14,11(17)18)6-8-5-10(19-15-8)7-1-3-9(16)4-2-7/h1-5,16H,6H2,(H,17,18). The average Bonchev–Trinajstić information content (AvgIpc) is 2.77. The molecular formula is C12H9F2NO4. The number of rotatable bonds is 4. The van der Waals surface area contributed by atoms with Gasteiger partial charge in [-0.1, -0.05) is 5.16 Å². The SMILES string of the molecule is O=C(O)C(F)(F)Cc1cc(-c2ccc(O)cc2)on1. The second kappa shape index (κ2) is 4.68. The van der Waals surface area contributed by atoms with Crippen molar-refractivity contribution in [3.8, 4) is 17.1 Å². The van der Waals surface area contributed by atoms with Crippen molar-refractivity contribution in [1.82, 2.24) is 5.16 Å². The largest absolute Gasteiger partial charge is 0.508 e. The molecule has 1 aromatic carbocycles. The zero-order valence-corrected chi connectivity index (χ0v) is 9.51. The number of carboxylic acid groups (broad SMARTS) is 1. The molecule has 0 unspecified atom stereocenters. The fourth-order valence-corrected chi connectivity index (χ4v) is 1.46. The maximum Gasteiger partial charge on any atom is 0.374 e.